The van der Waals surface area contributed by atoms with Crippen LogP contribution >= 0.6 is 0 Å². The molecule has 0 spiro atoms. The molecule has 0 aliphatic heterocycles. The van der Waals surface area contributed by atoms with Crippen LogP contribution in [-0.2, 0) is 0 Å². The van der Waals surface area contributed by atoms with Gasteiger partial charge >= 0.3 is 0 Å². The molecule has 0 bridgehead atoms. The van der Waals surface area contributed by atoms with Gasteiger partial charge in [0.25, 0.3) is 0 Å². The fourth-order valence-electron chi connectivity index (χ4n) is 5.51. The van der Waals surface area contributed by atoms with Gasteiger partial charge in [0.1, 0.15) is 5.52 Å². The first-order chi connectivity index (χ1) is 22.3. The second-order valence-corrected chi connectivity index (χ2v) is 10.7. The van der Waals surface area contributed by atoms with Crippen LogP contribution < -0.4 is 0 Å². The quantitative estimate of drug-likeness (QED) is 0.196. The number of hydrogen-bond acceptors (Lipinski definition) is 5. The van der Waals surface area contributed by atoms with E-state index in [-0.39, 0.29) is 0 Å². The van der Waals surface area contributed by atoms with E-state index in [2.05, 4.69) is 54.6 Å². The molecule has 0 atom stereocenters. The third-order valence-corrected chi connectivity index (χ3v) is 7.81. The van der Waals surface area contributed by atoms with Crippen LogP contribution in [0.15, 0.2) is 162 Å². The fraction of sp³-hybridized carbons (Fsp3) is 0. The van der Waals surface area contributed by atoms with Crippen LogP contribution in [0, 0.1) is 0 Å². The van der Waals surface area contributed by atoms with Gasteiger partial charge in [0.2, 0.25) is 5.89 Å². The van der Waals surface area contributed by atoms with Crippen molar-refractivity contribution < 1.29 is 4.42 Å². The lowest BCUT2D eigenvalue weighted by Gasteiger charge is -2.12. The van der Waals surface area contributed by atoms with E-state index in [9.17, 15) is 0 Å². The molecule has 0 fully saturated rings. The first kappa shape index (κ1) is 26.4. The van der Waals surface area contributed by atoms with Crippen molar-refractivity contribution >= 4 is 11.1 Å². The van der Waals surface area contributed by atoms with Gasteiger partial charge in [0.05, 0.1) is 0 Å². The van der Waals surface area contributed by atoms with Gasteiger partial charge in [-0.3, -0.25) is 0 Å². The Morgan fingerprint density at radius 3 is 1.47 bits per heavy atom. The highest BCUT2D eigenvalue weighted by atomic mass is 16.3. The van der Waals surface area contributed by atoms with Crippen molar-refractivity contribution in [3.8, 4) is 67.9 Å². The topological polar surface area (TPSA) is 64.7 Å². The van der Waals surface area contributed by atoms with Crippen molar-refractivity contribution in [3.05, 3.63) is 158 Å². The standard InChI is InChI=1S/C40H26N4O/c1-4-12-27(13-5-1)28-20-22-30(23-21-28)38-42-37(29-14-6-2-7-15-29)43-39(44-38)34-19-11-10-18-33(34)32-24-25-35-36(26-32)45-40(41-35)31-16-8-3-9-17-31/h1-26H. The van der Waals surface area contributed by atoms with Gasteiger partial charge in [-0.15, -0.1) is 0 Å². The molecule has 0 aliphatic rings. The molecule has 6 aromatic carbocycles. The largest absolute Gasteiger partial charge is 0.436 e. The Kier molecular flexibility index (Phi) is 6.74. The molecule has 2 heterocycles. The number of oxazole rings is 1. The van der Waals surface area contributed by atoms with Crippen LogP contribution in [0.1, 0.15) is 0 Å². The number of benzene rings is 6. The predicted molar refractivity (Wildman–Crippen MR) is 180 cm³/mol. The number of nitrogens with zero attached hydrogens (tertiary/aromatic N) is 4. The summed E-state index contributed by atoms with van der Waals surface area (Å²) in [5.41, 5.74) is 9.52. The SMILES string of the molecule is c1ccc(-c2ccc(-c3nc(-c4ccccc4)nc(-c4ccccc4-c4ccc5nc(-c6ccccc6)oc5c4)n3)cc2)cc1. The van der Waals surface area contributed by atoms with Gasteiger partial charge < -0.3 is 4.42 Å². The van der Waals surface area contributed by atoms with Crippen molar-refractivity contribution in [1.82, 2.24) is 19.9 Å². The highest BCUT2D eigenvalue weighted by Crippen LogP contribution is 2.35. The molecule has 45 heavy (non-hydrogen) atoms. The summed E-state index contributed by atoms with van der Waals surface area (Å²) in [6.45, 7) is 0. The Hall–Kier alpha value is -6.20. The summed E-state index contributed by atoms with van der Waals surface area (Å²) in [7, 11) is 0. The second kappa shape index (κ2) is 11.5. The summed E-state index contributed by atoms with van der Waals surface area (Å²) in [5, 5.41) is 0. The summed E-state index contributed by atoms with van der Waals surface area (Å²) in [5.74, 6) is 2.44. The van der Waals surface area contributed by atoms with Gasteiger partial charge in [-0.25, -0.2) is 19.9 Å². The fourth-order valence-corrected chi connectivity index (χ4v) is 5.51. The maximum atomic E-state index is 6.20. The van der Waals surface area contributed by atoms with Gasteiger partial charge in [-0.1, -0.05) is 133 Å². The molecule has 8 aromatic rings. The highest BCUT2D eigenvalue weighted by Gasteiger charge is 2.17. The van der Waals surface area contributed by atoms with Crippen LogP contribution in [0.25, 0.3) is 79.0 Å². The van der Waals surface area contributed by atoms with Gasteiger partial charge in [-0.2, -0.15) is 0 Å². The maximum absolute atomic E-state index is 6.20. The van der Waals surface area contributed by atoms with E-state index in [1.54, 1.807) is 0 Å². The van der Waals surface area contributed by atoms with Crippen LogP contribution in [0.5, 0.6) is 0 Å². The lowest BCUT2D eigenvalue weighted by atomic mass is 9.98. The molecule has 8 rings (SSSR count). The molecule has 212 valence electrons. The third kappa shape index (κ3) is 5.28. The number of hydrogen-bond donors (Lipinski definition) is 0. The van der Waals surface area contributed by atoms with E-state index in [1.807, 2.05) is 103 Å². The molecule has 2 aromatic heterocycles. The first-order valence-electron chi connectivity index (χ1n) is 14.8. The van der Waals surface area contributed by atoms with E-state index in [0.717, 1.165) is 50.0 Å². The Morgan fingerprint density at radius 2 is 0.800 bits per heavy atom. The van der Waals surface area contributed by atoms with E-state index < -0.39 is 0 Å². The minimum atomic E-state index is 0.601. The van der Waals surface area contributed by atoms with Crippen LogP contribution in [0.4, 0.5) is 0 Å². The first-order valence-corrected chi connectivity index (χ1v) is 14.8. The molecule has 0 amide bonds. The maximum Gasteiger partial charge on any atom is 0.227 e. The Morgan fingerprint density at radius 1 is 0.333 bits per heavy atom. The Bertz CT molecular complexity index is 2250. The summed E-state index contributed by atoms with van der Waals surface area (Å²) in [4.78, 5) is 19.7. The summed E-state index contributed by atoms with van der Waals surface area (Å²) in [6, 6.07) is 53.0. The molecular formula is C40H26N4O. The molecule has 5 nitrogen and oxygen atoms in total. The van der Waals surface area contributed by atoms with E-state index >= 15 is 0 Å². The van der Waals surface area contributed by atoms with Gasteiger partial charge in [-0.05, 0) is 46.5 Å². The predicted octanol–water partition coefficient (Wildman–Crippen LogP) is 10.0. The number of fused-ring (bicyclic) bond motifs is 1. The summed E-state index contributed by atoms with van der Waals surface area (Å²) >= 11 is 0. The van der Waals surface area contributed by atoms with Gasteiger partial charge in [0.15, 0.2) is 23.1 Å². The van der Waals surface area contributed by atoms with Crippen LogP contribution in [-0.4, -0.2) is 19.9 Å². The van der Waals surface area contributed by atoms with Crippen molar-refractivity contribution in [3.63, 3.8) is 0 Å². The molecule has 0 saturated heterocycles. The molecular weight excluding hydrogens is 552 g/mol. The smallest absolute Gasteiger partial charge is 0.227 e. The van der Waals surface area contributed by atoms with Crippen molar-refractivity contribution in [1.29, 1.82) is 0 Å². The zero-order chi connectivity index (χ0) is 30.0. The van der Waals surface area contributed by atoms with E-state index in [0.29, 0.717) is 23.4 Å². The second-order valence-electron chi connectivity index (χ2n) is 10.7. The van der Waals surface area contributed by atoms with E-state index in [1.165, 1.54) is 5.56 Å². The average molecular weight is 579 g/mol. The summed E-state index contributed by atoms with van der Waals surface area (Å²) in [6.07, 6.45) is 0. The zero-order valence-corrected chi connectivity index (χ0v) is 24.2. The normalized spacial score (nSPS) is 11.1. The van der Waals surface area contributed by atoms with E-state index in [4.69, 9.17) is 24.4 Å². The molecule has 0 saturated carbocycles. The Labute approximate surface area is 260 Å². The van der Waals surface area contributed by atoms with Crippen molar-refractivity contribution in [2.45, 2.75) is 0 Å². The molecule has 0 N–H and O–H groups in total. The van der Waals surface area contributed by atoms with Crippen molar-refractivity contribution in [2.75, 3.05) is 0 Å². The molecule has 5 heteroatoms. The molecule has 0 unspecified atom stereocenters. The highest BCUT2D eigenvalue weighted by molar-refractivity contribution is 5.87. The minimum Gasteiger partial charge on any atom is -0.436 e. The number of aromatic nitrogens is 4. The summed E-state index contributed by atoms with van der Waals surface area (Å²) < 4.78 is 6.20. The molecule has 0 radical (unpaired) electrons. The molecule has 0 aliphatic carbocycles. The minimum absolute atomic E-state index is 0.601. The van der Waals surface area contributed by atoms with Crippen molar-refractivity contribution in [2.24, 2.45) is 0 Å². The zero-order valence-electron chi connectivity index (χ0n) is 24.2. The third-order valence-electron chi connectivity index (χ3n) is 7.81. The lowest BCUT2D eigenvalue weighted by molar-refractivity contribution is 0.620. The van der Waals surface area contributed by atoms with Crippen LogP contribution in [0.3, 0.4) is 0 Å². The van der Waals surface area contributed by atoms with Gasteiger partial charge in [0, 0.05) is 22.3 Å². The Balaban J connectivity index is 1.24. The van der Waals surface area contributed by atoms with Crippen LogP contribution in [0.2, 0.25) is 0 Å². The number of rotatable bonds is 6. The average Bonchev–Trinajstić information content (AvgIpc) is 3.56. The monoisotopic (exact) mass is 578 g/mol. The lowest BCUT2D eigenvalue weighted by Crippen LogP contribution is -2.01.